The molecular formula is C29H31F3O6. The van der Waals surface area contributed by atoms with Gasteiger partial charge in [-0.2, -0.15) is 13.2 Å². The first-order chi connectivity index (χ1) is 18.1. The van der Waals surface area contributed by atoms with Crippen LogP contribution in [0.15, 0.2) is 64.3 Å². The number of esters is 1. The van der Waals surface area contributed by atoms with E-state index in [0.717, 1.165) is 37.3 Å². The molecule has 1 unspecified atom stereocenters. The minimum atomic E-state index is -4.46. The van der Waals surface area contributed by atoms with Crippen LogP contribution in [0.4, 0.5) is 13.2 Å². The first-order valence-electron chi connectivity index (χ1n) is 12.4. The minimum Gasteiger partial charge on any atom is -0.496 e. The van der Waals surface area contributed by atoms with E-state index in [2.05, 4.69) is 13.5 Å². The number of hydrogen-bond acceptors (Lipinski definition) is 6. The van der Waals surface area contributed by atoms with Gasteiger partial charge in [-0.3, -0.25) is 0 Å². The molecule has 0 spiro atoms. The molecule has 0 aliphatic heterocycles. The van der Waals surface area contributed by atoms with Gasteiger partial charge in [0.05, 0.1) is 32.3 Å². The minimum absolute atomic E-state index is 0.213. The SMILES string of the molecule is C=CC(=O)OCC(COc1ccc2cc(-c3ccc(CCCCC)cc3OC)c(=O)oc2c1)CC(F)(F)F. The summed E-state index contributed by atoms with van der Waals surface area (Å²) in [6.45, 7) is 4.53. The number of halogens is 3. The van der Waals surface area contributed by atoms with Gasteiger partial charge in [-0.15, -0.1) is 0 Å². The second-order valence-corrected chi connectivity index (χ2v) is 8.97. The molecule has 1 aromatic heterocycles. The van der Waals surface area contributed by atoms with Crippen LogP contribution in [-0.4, -0.2) is 32.5 Å². The number of rotatable bonds is 13. The number of benzene rings is 2. The fourth-order valence-corrected chi connectivity index (χ4v) is 4.03. The smallest absolute Gasteiger partial charge is 0.389 e. The third-order valence-corrected chi connectivity index (χ3v) is 5.97. The van der Waals surface area contributed by atoms with Crippen LogP contribution in [0.2, 0.25) is 0 Å². The first kappa shape index (κ1) is 28.8. The zero-order valence-corrected chi connectivity index (χ0v) is 21.4. The van der Waals surface area contributed by atoms with Gasteiger partial charge in [0.2, 0.25) is 0 Å². The number of carbonyl (C=O) groups excluding carboxylic acids is 1. The average Bonchev–Trinajstić information content (AvgIpc) is 2.89. The van der Waals surface area contributed by atoms with E-state index in [1.807, 2.05) is 18.2 Å². The van der Waals surface area contributed by atoms with Crippen molar-refractivity contribution in [1.82, 2.24) is 0 Å². The number of ether oxygens (including phenoxy) is 3. The Morgan fingerprint density at radius 1 is 1.08 bits per heavy atom. The van der Waals surface area contributed by atoms with Gasteiger partial charge in [0, 0.05) is 29.0 Å². The lowest BCUT2D eigenvalue weighted by molar-refractivity contribution is -0.157. The molecule has 2 aromatic carbocycles. The fraction of sp³-hybridized carbons (Fsp3) is 0.379. The van der Waals surface area contributed by atoms with Crippen LogP contribution >= 0.6 is 0 Å². The number of fused-ring (bicyclic) bond motifs is 1. The van der Waals surface area contributed by atoms with E-state index in [1.165, 1.54) is 6.07 Å². The number of aryl methyl sites for hydroxylation is 1. The summed E-state index contributed by atoms with van der Waals surface area (Å²) >= 11 is 0. The summed E-state index contributed by atoms with van der Waals surface area (Å²) in [5, 5.41) is 0.604. The Morgan fingerprint density at radius 3 is 2.55 bits per heavy atom. The zero-order valence-electron chi connectivity index (χ0n) is 21.4. The van der Waals surface area contributed by atoms with E-state index in [-0.39, 0.29) is 17.9 Å². The highest BCUT2D eigenvalue weighted by Crippen LogP contribution is 2.32. The second-order valence-electron chi connectivity index (χ2n) is 8.97. The van der Waals surface area contributed by atoms with Crippen LogP contribution < -0.4 is 15.1 Å². The Balaban J connectivity index is 1.80. The summed E-state index contributed by atoms with van der Waals surface area (Å²) in [4.78, 5) is 24.1. The Labute approximate surface area is 219 Å². The van der Waals surface area contributed by atoms with Crippen molar-refractivity contribution in [1.29, 1.82) is 0 Å². The van der Waals surface area contributed by atoms with Crippen molar-refractivity contribution in [3.63, 3.8) is 0 Å². The molecule has 0 bridgehead atoms. The second kappa shape index (κ2) is 13.2. The molecule has 0 saturated carbocycles. The molecule has 0 saturated heterocycles. The van der Waals surface area contributed by atoms with Crippen molar-refractivity contribution in [3.8, 4) is 22.6 Å². The summed E-state index contributed by atoms with van der Waals surface area (Å²) in [5.74, 6) is -1.16. The van der Waals surface area contributed by atoms with Crippen LogP contribution in [0.5, 0.6) is 11.5 Å². The Bertz CT molecular complexity index is 1310. The van der Waals surface area contributed by atoms with Crippen LogP contribution in [0.1, 0.15) is 38.2 Å². The standard InChI is InChI=1S/C29H31F3O6/c1-4-6-7-8-19-9-12-23(26(13-19)35-3)24-14-21-10-11-22(15-25(21)38-28(24)34)36-17-20(16-29(30,31)32)18-37-27(33)5-2/h5,9-15,20H,2,4,6-8,16-18H2,1,3H3. The van der Waals surface area contributed by atoms with E-state index in [0.29, 0.717) is 22.3 Å². The maximum absolute atomic E-state index is 12.9. The van der Waals surface area contributed by atoms with Gasteiger partial charge in [-0.1, -0.05) is 38.5 Å². The number of methoxy groups -OCH3 is 1. The van der Waals surface area contributed by atoms with Crippen LogP contribution in [0.25, 0.3) is 22.1 Å². The molecule has 0 aliphatic carbocycles. The fourth-order valence-electron chi connectivity index (χ4n) is 4.03. The first-order valence-corrected chi connectivity index (χ1v) is 12.4. The molecule has 0 amide bonds. The Morgan fingerprint density at radius 2 is 1.87 bits per heavy atom. The Kier molecular flexibility index (Phi) is 9.98. The van der Waals surface area contributed by atoms with Crippen molar-refractivity contribution >= 4 is 16.9 Å². The van der Waals surface area contributed by atoms with Crippen LogP contribution in [-0.2, 0) is 16.0 Å². The van der Waals surface area contributed by atoms with Gasteiger partial charge < -0.3 is 18.6 Å². The lowest BCUT2D eigenvalue weighted by Gasteiger charge is -2.19. The molecule has 204 valence electrons. The molecule has 0 aliphatic rings. The number of unbranched alkanes of at least 4 members (excludes halogenated alkanes) is 2. The largest absolute Gasteiger partial charge is 0.496 e. The molecule has 9 heteroatoms. The number of hydrogen-bond donors (Lipinski definition) is 0. The molecule has 38 heavy (non-hydrogen) atoms. The van der Waals surface area contributed by atoms with Crippen molar-refractivity contribution in [2.45, 2.75) is 45.2 Å². The van der Waals surface area contributed by atoms with Gasteiger partial charge in [-0.25, -0.2) is 9.59 Å². The van der Waals surface area contributed by atoms with Crippen molar-refractivity contribution < 1.29 is 36.6 Å². The topological polar surface area (TPSA) is 75.0 Å². The van der Waals surface area contributed by atoms with Crippen molar-refractivity contribution in [2.24, 2.45) is 5.92 Å². The normalized spacial score (nSPS) is 12.2. The highest BCUT2D eigenvalue weighted by atomic mass is 19.4. The maximum atomic E-state index is 12.9. The summed E-state index contributed by atoms with van der Waals surface area (Å²) in [6.07, 6.45) is -0.533. The molecular weight excluding hydrogens is 501 g/mol. The third kappa shape index (κ3) is 8.13. The molecule has 1 heterocycles. The van der Waals surface area contributed by atoms with E-state index in [9.17, 15) is 22.8 Å². The molecule has 0 fully saturated rings. The van der Waals surface area contributed by atoms with Gasteiger partial charge in [-0.05, 0) is 42.7 Å². The van der Waals surface area contributed by atoms with E-state index >= 15 is 0 Å². The molecule has 1 atom stereocenters. The molecule has 0 radical (unpaired) electrons. The van der Waals surface area contributed by atoms with Gasteiger partial charge in [0.25, 0.3) is 0 Å². The van der Waals surface area contributed by atoms with Crippen molar-refractivity contribution in [2.75, 3.05) is 20.3 Å². The van der Waals surface area contributed by atoms with Crippen molar-refractivity contribution in [3.05, 3.63) is 71.1 Å². The lowest BCUT2D eigenvalue weighted by Crippen LogP contribution is -2.25. The average molecular weight is 533 g/mol. The zero-order chi connectivity index (χ0) is 27.7. The highest BCUT2D eigenvalue weighted by molar-refractivity contribution is 5.84. The summed E-state index contributed by atoms with van der Waals surface area (Å²) in [5.41, 5.74) is 1.69. The lowest BCUT2D eigenvalue weighted by atomic mass is 10.00. The summed E-state index contributed by atoms with van der Waals surface area (Å²) in [7, 11) is 1.55. The monoisotopic (exact) mass is 532 g/mol. The predicted molar refractivity (Wildman–Crippen MR) is 139 cm³/mol. The van der Waals surface area contributed by atoms with Crippen LogP contribution in [0.3, 0.4) is 0 Å². The molecule has 3 rings (SSSR count). The number of carbonyl (C=O) groups is 1. The van der Waals surface area contributed by atoms with Gasteiger partial charge >= 0.3 is 17.8 Å². The molecule has 0 N–H and O–H groups in total. The third-order valence-electron chi connectivity index (χ3n) is 5.97. The van der Waals surface area contributed by atoms with E-state index in [1.54, 1.807) is 25.3 Å². The van der Waals surface area contributed by atoms with Crippen LogP contribution in [0, 0.1) is 5.92 Å². The van der Waals surface area contributed by atoms with E-state index < -0.39 is 36.7 Å². The molecule has 6 nitrogen and oxygen atoms in total. The quantitative estimate of drug-likeness (QED) is 0.103. The summed E-state index contributed by atoms with van der Waals surface area (Å²) in [6, 6.07) is 12.1. The summed E-state index contributed by atoms with van der Waals surface area (Å²) < 4.78 is 60.2. The Hall–Kier alpha value is -3.75. The molecule has 3 aromatic rings. The van der Waals surface area contributed by atoms with Gasteiger partial charge in [0.1, 0.15) is 17.1 Å². The highest BCUT2D eigenvalue weighted by Gasteiger charge is 2.33. The maximum Gasteiger partial charge on any atom is 0.389 e. The van der Waals surface area contributed by atoms with Gasteiger partial charge in [0.15, 0.2) is 0 Å². The van der Waals surface area contributed by atoms with E-state index in [4.69, 9.17) is 18.6 Å². The number of alkyl halides is 3. The predicted octanol–water partition coefficient (Wildman–Crippen LogP) is 6.88.